The molecule has 1 saturated heterocycles. The van der Waals surface area contributed by atoms with Crippen LogP contribution in [-0.2, 0) is 63.4 Å². The Balaban J connectivity index is 1.13. The SMILES string of the molecule is CC(C)OC(=O)[C@H](C)NP(=O)(OC[C@H]1O[C@@H](n2ccc(NC(=O)CC(C)(C)CC[C@H](CCSCc3ccc(C(F)(F)F)cc3)SCc3ccc(C(F)(F)F)cc3)nc2=O)C(F)(F)C1(C)COCc1ccccc1)Oc1ccccc1. The number of carbonyl (C=O) groups is 2. The largest absolute Gasteiger partial charge is 0.462 e. The lowest BCUT2D eigenvalue weighted by atomic mass is 9.80. The van der Waals surface area contributed by atoms with Crippen LogP contribution in [0.5, 0.6) is 5.75 Å². The number of alkyl halides is 8. The van der Waals surface area contributed by atoms with Gasteiger partial charge in [-0.05, 0) is 117 Å². The second-order valence-electron chi connectivity index (χ2n) is 20.6. The van der Waals surface area contributed by atoms with Crippen LogP contribution in [0.2, 0.25) is 0 Å². The first-order valence-corrected chi connectivity index (χ1v) is 29.3. The van der Waals surface area contributed by atoms with E-state index < -0.39 is 103 Å². The maximum atomic E-state index is 17.2. The van der Waals surface area contributed by atoms with Gasteiger partial charge in [0.1, 0.15) is 17.6 Å². The molecule has 2 unspecified atom stereocenters. The summed E-state index contributed by atoms with van der Waals surface area (Å²) < 4.78 is 157. The van der Waals surface area contributed by atoms with Crippen LogP contribution in [0.1, 0.15) is 101 Å². The Kier molecular flexibility index (Phi) is 22.1. The monoisotopic (exact) mass is 1180 g/mol. The predicted octanol–water partition coefficient (Wildman–Crippen LogP) is 13.9. The van der Waals surface area contributed by atoms with E-state index in [1.54, 1.807) is 74.1 Å². The average Bonchev–Trinajstić information content (AvgIpc) is 3.88. The molecule has 436 valence electrons. The number of carbonyl (C=O) groups excluding carboxylic acids is 2. The summed E-state index contributed by atoms with van der Waals surface area (Å²) in [6.07, 6.45) is -10.8. The number of rotatable bonds is 28. The van der Waals surface area contributed by atoms with Gasteiger partial charge in [0.2, 0.25) is 12.1 Å². The van der Waals surface area contributed by atoms with Gasteiger partial charge in [-0.25, -0.2) is 18.1 Å². The van der Waals surface area contributed by atoms with Crippen LogP contribution in [0.4, 0.5) is 40.9 Å². The van der Waals surface area contributed by atoms with Crippen LogP contribution in [0.3, 0.4) is 0 Å². The number of hydrogen-bond acceptors (Lipinski definition) is 12. The number of amides is 1. The second kappa shape index (κ2) is 27.7. The number of para-hydroxylation sites is 1. The Morgan fingerprint density at radius 3 is 1.98 bits per heavy atom. The third-order valence-electron chi connectivity index (χ3n) is 13.0. The van der Waals surface area contributed by atoms with Gasteiger partial charge in [0.15, 0.2) is 0 Å². The molecule has 24 heteroatoms. The number of nitrogens with zero attached hydrogens (tertiary/aromatic N) is 2. The number of ether oxygens (including phenoxy) is 3. The van der Waals surface area contributed by atoms with Crippen molar-refractivity contribution in [3.63, 3.8) is 0 Å². The fraction of sp³-hybridized carbons (Fsp3) is 0.464. The van der Waals surface area contributed by atoms with E-state index in [0.717, 1.165) is 30.5 Å². The molecule has 13 nitrogen and oxygen atoms in total. The van der Waals surface area contributed by atoms with Crippen LogP contribution < -0.4 is 20.6 Å². The molecule has 5 aromatic rings. The van der Waals surface area contributed by atoms with Gasteiger partial charge in [0.05, 0.1) is 48.6 Å². The van der Waals surface area contributed by atoms with Crippen molar-refractivity contribution in [3.05, 3.63) is 160 Å². The molecule has 2 N–H and O–H groups in total. The van der Waals surface area contributed by atoms with Gasteiger partial charge in [-0.15, -0.1) is 0 Å². The average molecular weight is 1190 g/mol. The molecule has 1 aliphatic rings. The summed E-state index contributed by atoms with van der Waals surface area (Å²) in [5, 5.41) is 5.09. The van der Waals surface area contributed by atoms with Crippen LogP contribution in [-0.4, -0.2) is 69.8 Å². The molecule has 0 aliphatic carbocycles. The Morgan fingerprint density at radius 1 is 0.812 bits per heavy atom. The van der Waals surface area contributed by atoms with Gasteiger partial charge < -0.3 is 24.1 Å². The van der Waals surface area contributed by atoms with E-state index >= 15 is 8.78 Å². The van der Waals surface area contributed by atoms with E-state index in [0.29, 0.717) is 57.8 Å². The van der Waals surface area contributed by atoms with Gasteiger partial charge in [0.25, 0.3) is 0 Å². The summed E-state index contributed by atoms with van der Waals surface area (Å²) in [6.45, 7) is 7.95. The highest BCUT2D eigenvalue weighted by molar-refractivity contribution is 7.99. The summed E-state index contributed by atoms with van der Waals surface area (Å²) in [7, 11) is -4.60. The fourth-order valence-electron chi connectivity index (χ4n) is 8.43. The topological polar surface area (TPSA) is 156 Å². The molecule has 1 aromatic heterocycles. The minimum Gasteiger partial charge on any atom is -0.462 e. The second-order valence-corrected chi connectivity index (χ2v) is 24.7. The molecule has 0 radical (unpaired) electrons. The summed E-state index contributed by atoms with van der Waals surface area (Å²) in [6, 6.07) is 26.3. The Hall–Kier alpha value is -5.29. The van der Waals surface area contributed by atoms with Gasteiger partial charge >= 0.3 is 37.7 Å². The van der Waals surface area contributed by atoms with E-state index in [9.17, 15) is 45.3 Å². The highest BCUT2D eigenvalue weighted by Crippen LogP contribution is 2.56. The molecule has 6 atom stereocenters. The summed E-state index contributed by atoms with van der Waals surface area (Å²) in [4.78, 5) is 44.0. The number of thioether (sulfide) groups is 2. The summed E-state index contributed by atoms with van der Waals surface area (Å²) >= 11 is 3.07. The zero-order valence-corrected chi connectivity index (χ0v) is 47.4. The highest BCUT2D eigenvalue weighted by Gasteiger charge is 2.68. The third-order valence-corrected chi connectivity index (χ3v) is 17.2. The molecular weight excluding hydrogens is 1120 g/mol. The van der Waals surface area contributed by atoms with E-state index in [1.165, 1.54) is 68.1 Å². The normalized spacial score (nSPS) is 19.0. The summed E-state index contributed by atoms with van der Waals surface area (Å²) in [5.41, 5.74) is -3.57. The van der Waals surface area contributed by atoms with Crippen molar-refractivity contribution in [2.24, 2.45) is 10.8 Å². The van der Waals surface area contributed by atoms with Crippen molar-refractivity contribution < 1.29 is 72.5 Å². The predicted molar refractivity (Wildman–Crippen MR) is 291 cm³/mol. The Labute approximate surface area is 468 Å². The quantitative estimate of drug-likeness (QED) is 0.0211. The number of esters is 1. The minimum absolute atomic E-state index is 0.0267. The first kappa shape index (κ1) is 63.9. The number of halogens is 8. The van der Waals surface area contributed by atoms with Crippen LogP contribution in [0, 0.1) is 10.8 Å². The third kappa shape index (κ3) is 18.4. The van der Waals surface area contributed by atoms with E-state index in [4.69, 9.17) is 23.3 Å². The lowest BCUT2D eigenvalue weighted by molar-refractivity contribution is -0.161. The highest BCUT2D eigenvalue weighted by atomic mass is 32.2. The maximum Gasteiger partial charge on any atom is 0.459 e. The molecule has 4 aromatic carbocycles. The molecule has 1 amide bonds. The van der Waals surface area contributed by atoms with Crippen LogP contribution >= 0.6 is 31.3 Å². The molecule has 6 rings (SSSR count). The number of aromatic nitrogens is 2. The minimum atomic E-state index is -4.60. The standard InChI is InChI=1S/C56H65F8N4O9PS2/c1-37(2)75-49(70)38(3)67-78(72,77-44-15-11-8-12-16-44)74-33-46-53(6,36-73-32-39-13-9-7-10-14-39)54(57,58)50(76-46)68-29-26-47(66-51(68)71)65-48(69)31-52(4,5)28-25-45(80-35-41-19-23-43(24-20-41)56(62,63)64)27-30-79-34-40-17-21-42(22-18-40)55(59,60)61/h7-24,26,29,37-38,45-46,50H,25,27-28,30-36H2,1-6H3,(H,67,72)(H,65,66,69,71)/t38-,45+,46+,50+,53?,78?/m0/s1. The Bertz CT molecular complexity index is 2910. The van der Waals surface area contributed by atoms with Crippen molar-refractivity contribution in [2.75, 3.05) is 24.3 Å². The number of benzene rings is 4. The van der Waals surface area contributed by atoms with Gasteiger partial charge in [-0.1, -0.05) is 86.6 Å². The number of nitrogens with one attached hydrogen (secondary N) is 2. The van der Waals surface area contributed by atoms with Gasteiger partial charge in [-0.3, -0.25) is 18.7 Å². The molecular formula is C56H65F8N4O9PS2. The van der Waals surface area contributed by atoms with Crippen molar-refractivity contribution in [1.82, 2.24) is 14.6 Å². The van der Waals surface area contributed by atoms with E-state index in [-0.39, 0.29) is 29.8 Å². The molecule has 1 aliphatic heterocycles. The summed E-state index contributed by atoms with van der Waals surface area (Å²) in [5.74, 6) is -3.92. The number of hydrogen-bond donors (Lipinski definition) is 2. The van der Waals surface area contributed by atoms with Crippen LogP contribution in [0.15, 0.2) is 126 Å². The first-order valence-electron chi connectivity index (χ1n) is 25.6. The zero-order chi connectivity index (χ0) is 58.5. The zero-order valence-electron chi connectivity index (χ0n) is 44.9. The molecule has 0 saturated carbocycles. The van der Waals surface area contributed by atoms with Crippen molar-refractivity contribution in [3.8, 4) is 5.75 Å². The fourth-order valence-corrected chi connectivity index (χ4v) is 12.3. The van der Waals surface area contributed by atoms with Gasteiger partial charge in [0, 0.05) is 29.4 Å². The van der Waals surface area contributed by atoms with E-state index in [1.807, 2.05) is 13.8 Å². The Morgan fingerprint density at radius 2 is 1.40 bits per heavy atom. The maximum absolute atomic E-state index is 17.2. The molecule has 0 bridgehead atoms. The van der Waals surface area contributed by atoms with Crippen molar-refractivity contribution in [2.45, 2.75) is 133 Å². The van der Waals surface area contributed by atoms with Crippen LogP contribution in [0.25, 0.3) is 0 Å². The lowest BCUT2D eigenvalue weighted by Crippen LogP contribution is -2.49. The molecule has 1 fully saturated rings. The van der Waals surface area contributed by atoms with Crippen molar-refractivity contribution in [1.29, 1.82) is 0 Å². The molecule has 2 heterocycles. The number of anilines is 1. The van der Waals surface area contributed by atoms with E-state index in [2.05, 4.69) is 15.4 Å². The van der Waals surface area contributed by atoms with Crippen molar-refractivity contribution >= 4 is 49.0 Å². The van der Waals surface area contributed by atoms with Gasteiger partial charge in [-0.2, -0.15) is 59.9 Å². The smallest absolute Gasteiger partial charge is 0.459 e. The molecule has 0 spiro atoms. The molecule has 80 heavy (non-hydrogen) atoms. The first-order chi connectivity index (χ1) is 37.6. The lowest BCUT2D eigenvalue weighted by Gasteiger charge is -2.35.